The number of benzene rings is 2. The molecular weight excluding hydrogens is 296 g/mol. The van der Waals surface area contributed by atoms with Crippen molar-refractivity contribution >= 4 is 11.5 Å². The Labute approximate surface area is 140 Å². The van der Waals surface area contributed by atoms with Gasteiger partial charge in [-0.25, -0.2) is 4.98 Å². The Bertz CT molecular complexity index is 995. The normalized spacial score (nSPS) is 13.4. The smallest absolute Gasteiger partial charge is 0.157 e. The molecule has 2 aromatic heterocycles. The monoisotopic (exact) mass is 312 g/mol. The molecule has 2 aromatic carbocycles. The zero-order chi connectivity index (χ0) is 15.9. The number of hydrogen-bond donors (Lipinski definition) is 0. The number of nitrogens with zero attached hydrogens (tertiary/aromatic N) is 4. The lowest BCUT2D eigenvalue weighted by atomic mass is 10.1. The molecule has 0 unspecified atom stereocenters. The topological polar surface area (TPSA) is 33.4 Å². The largest absolute Gasteiger partial charge is 0.348 e. The van der Waals surface area contributed by atoms with Gasteiger partial charge in [-0.05, 0) is 11.1 Å². The highest BCUT2D eigenvalue weighted by molar-refractivity contribution is 5.67. The van der Waals surface area contributed by atoms with Crippen LogP contribution in [0, 0.1) is 0 Å². The maximum absolute atomic E-state index is 4.76. The Kier molecular flexibility index (Phi) is 2.88. The molecular formula is C20H16N4. The van der Waals surface area contributed by atoms with E-state index < -0.39 is 0 Å². The van der Waals surface area contributed by atoms with E-state index in [0.29, 0.717) is 0 Å². The van der Waals surface area contributed by atoms with E-state index in [-0.39, 0.29) is 0 Å². The summed E-state index contributed by atoms with van der Waals surface area (Å²) in [5, 5.41) is 4.47. The molecule has 0 saturated heterocycles. The van der Waals surface area contributed by atoms with Crippen molar-refractivity contribution < 1.29 is 0 Å². The fourth-order valence-corrected chi connectivity index (χ4v) is 3.37. The zero-order valence-electron chi connectivity index (χ0n) is 13.1. The Morgan fingerprint density at radius 3 is 2.25 bits per heavy atom. The lowest BCUT2D eigenvalue weighted by Gasteiger charge is -2.19. The minimum atomic E-state index is 0.877. The van der Waals surface area contributed by atoms with Crippen molar-refractivity contribution in [2.75, 3.05) is 4.90 Å². The van der Waals surface area contributed by atoms with E-state index in [1.807, 2.05) is 35.0 Å². The van der Waals surface area contributed by atoms with Gasteiger partial charge in [0.1, 0.15) is 5.82 Å². The molecule has 0 fully saturated rings. The van der Waals surface area contributed by atoms with Crippen molar-refractivity contribution in [1.82, 2.24) is 14.6 Å². The first kappa shape index (κ1) is 13.3. The standard InChI is InChI=1S/C20H16N4/c1-2-6-15(7-3-1)18-12-20(24-19(22-18)10-11-21-24)23-13-16-8-4-5-9-17(16)14-23/h1-12H,13-14H2. The molecule has 4 heteroatoms. The molecule has 0 N–H and O–H groups in total. The summed E-state index contributed by atoms with van der Waals surface area (Å²) in [6.07, 6.45) is 1.81. The molecule has 5 rings (SSSR count). The van der Waals surface area contributed by atoms with Gasteiger partial charge in [-0.2, -0.15) is 9.61 Å². The van der Waals surface area contributed by atoms with E-state index in [9.17, 15) is 0 Å². The summed E-state index contributed by atoms with van der Waals surface area (Å²) in [6, 6.07) is 23.0. The van der Waals surface area contributed by atoms with Gasteiger partial charge in [-0.3, -0.25) is 0 Å². The second-order valence-corrected chi connectivity index (χ2v) is 6.09. The van der Waals surface area contributed by atoms with E-state index in [2.05, 4.69) is 52.5 Å². The van der Waals surface area contributed by atoms with Gasteiger partial charge < -0.3 is 4.90 Å². The highest BCUT2D eigenvalue weighted by Gasteiger charge is 2.22. The quantitative estimate of drug-likeness (QED) is 0.562. The molecule has 1 aliphatic rings. The van der Waals surface area contributed by atoms with Crippen LogP contribution in [-0.4, -0.2) is 14.6 Å². The van der Waals surface area contributed by atoms with Crippen LogP contribution in [0.1, 0.15) is 11.1 Å². The summed E-state index contributed by atoms with van der Waals surface area (Å²) < 4.78 is 1.93. The van der Waals surface area contributed by atoms with Crippen LogP contribution in [0.25, 0.3) is 16.9 Å². The average molecular weight is 312 g/mol. The van der Waals surface area contributed by atoms with E-state index in [0.717, 1.165) is 35.8 Å². The van der Waals surface area contributed by atoms with Gasteiger partial charge in [0, 0.05) is 30.8 Å². The van der Waals surface area contributed by atoms with Crippen LogP contribution in [0.2, 0.25) is 0 Å². The Morgan fingerprint density at radius 2 is 1.50 bits per heavy atom. The molecule has 0 saturated carbocycles. The molecule has 0 bridgehead atoms. The van der Waals surface area contributed by atoms with Gasteiger partial charge in [0.2, 0.25) is 0 Å². The van der Waals surface area contributed by atoms with Gasteiger partial charge in [0.25, 0.3) is 0 Å². The third-order valence-electron chi connectivity index (χ3n) is 4.57. The van der Waals surface area contributed by atoms with Gasteiger partial charge in [-0.1, -0.05) is 54.6 Å². The minimum absolute atomic E-state index is 0.877. The van der Waals surface area contributed by atoms with E-state index in [1.165, 1.54) is 11.1 Å². The molecule has 0 aliphatic carbocycles. The number of rotatable bonds is 2. The van der Waals surface area contributed by atoms with Crippen molar-refractivity contribution in [3.63, 3.8) is 0 Å². The van der Waals surface area contributed by atoms with E-state index in [1.54, 1.807) is 0 Å². The van der Waals surface area contributed by atoms with Crippen LogP contribution in [0.4, 0.5) is 5.82 Å². The van der Waals surface area contributed by atoms with Gasteiger partial charge >= 0.3 is 0 Å². The maximum Gasteiger partial charge on any atom is 0.157 e. The first-order chi connectivity index (χ1) is 11.9. The third-order valence-corrected chi connectivity index (χ3v) is 4.57. The molecule has 116 valence electrons. The molecule has 0 radical (unpaired) electrons. The summed E-state index contributed by atoms with van der Waals surface area (Å²) in [4.78, 5) is 7.12. The van der Waals surface area contributed by atoms with Gasteiger partial charge in [-0.15, -0.1) is 0 Å². The lowest BCUT2D eigenvalue weighted by molar-refractivity contribution is 0.804. The van der Waals surface area contributed by atoms with Crippen molar-refractivity contribution in [3.05, 3.63) is 84.1 Å². The Hall–Kier alpha value is -3.14. The molecule has 0 amide bonds. The minimum Gasteiger partial charge on any atom is -0.348 e. The summed E-state index contributed by atoms with van der Waals surface area (Å²) >= 11 is 0. The molecule has 24 heavy (non-hydrogen) atoms. The predicted octanol–water partition coefficient (Wildman–Crippen LogP) is 3.92. The number of anilines is 1. The van der Waals surface area contributed by atoms with Crippen LogP contribution in [0.15, 0.2) is 72.9 Å². The van der Waals surface area contributed by atoms with Crippen LogP contribution in [0.5, 0.6) is 0 Å². The predicted molar refractivity (Wildman–Crippen MR) is 94.8 cm³/mol. The summed E-state index contributed by atoms with van der Waals surface area (Å²) in [7, 11) is 0. The summed E-state index contributed by atoms with van der Waals surface area (Å²) in [5.41, 5.74) is 5.75. The van der Waals surface area contributed by atoms with Gasteiger partial charge in [0.05, 0.1) is 11.9 Å². The van der Waals surface area contributed by atoms with E-state index >= 15 is 0 Å². The molecule has 0 spiro atoms. The third kappa shape index (κ3) is 2.07. The van der Waals surface area contributed by atoms with Gasteiger partial charge in [0.15, 0.2) is 5.65 Å². The van der Waals surface area contributed by atoms with Crippen LogP contribution >= 0.6 is 0 Å². The number of aromatic nitrogens is 3. The summed E-state index contributed by atoms with van der Waals surface area (Å²) in [5.74, 6) is 1.08. The van der Waals surface area contributed by atoms with Crippen molar-refractivity contribution in [2.24, 2.45) is 0 Å². The first-order valence-corrected chi connectivity index (χ1v) is 8.10. The SMILES string of the molecule is c1ccc(-c2cc(N3Cc4ccccc4C3)n3nccc3n2)cc1. The maximum atomic E-state index is 4.76. The molecule has 4 aromatic rings. The van der Waals surface area contributed by atoms with Crippen LogP contribution in [-0.2, 0) is 13.1 Å². The van der Waals surface area contributed by atoms with Crippen LogP contribution in [0.3, 0.4) is 0 Å². The zero-order valence-corrected chi connectivity index (χ0v) is 13.1. The second kappa shape index (κ2) is 5.20. The van der Waals surface area contributed by atoms with Crippen LogP contribution < -0.4 is 4.90 Å². The lowest BCUT2D eigenvalue weighted by Crippen LogP contribution is -2.18. The Morgan fingerprint density at radius 1 is 0.792 bits per heavy atom. The molecule has 1 aliphatic heterocycles. The molecule has 3 heterocycles. The first-order valence-electron chi connectivity index (χ1n) is 8.10. The van der Waals surface area contributed by atoms with Crippen molar-refractivity contribution in [3.8, 4) is 11.3 Å². The number of fused-ring (bicyclic) bond motifs is 2. The van der Waals surface area contributed by atoms with Crippen molar-refractivity contribution in [2.45, 2.75) is 13.1 Å². The highest BCUT2D eigenvalue weighted by Crippen LogP contribution is 2.30. The second-order valence-electron chi connectivity index (χ2n) is 6.09. The fraction of sp³-hybridized carbons (Fsp3) is 0.100. The highest BCUT2D eigenvalue weighted by atomic mass is 15.3. The Balaban J connectivity index is 1.65. The fourth-order valence-electron chi connectivity index (χ4n) is 3.37. The number of hydrogen-bond acceptors (Lipinski definition) is 3. The molecule has 4 nitrogen and oxygen atoms in total. The average Bonchev–Trinajstić information content (AvgIpc) is 3.28. The van der Waals surface area contributed by atoms with E-state index in [4.69, 9.17) is 4.98 Å². The van der Waals surface area contributed by atoms with Crippen molar-refractivity contribution in [1.29, 1.82) is 0 Å². The molecule has 0 atom stereocenters. The summed E-state index contributed by atoms with van der Waals surface area (Å²) in [6.45, 7) is 1.81.